The molecular formula is C16H17FN6O. The highest BCUT2D eigenvalue weighted by molar-refractivity contribution is 5.90. The Morgan fingerprint density at radius 3 is 2.96 bits per heavy atom. The molecule has 3 aromatic heterocycles. The number of aromatic amines is 1. The fraction of sp³-hybridized carbons (Fsp3) is 0.375. The Kier molecular flexibility index (Phi) is 3.81. The summed E-state index contributed by atoms with van der Waals surface area (Å²) in [5.74, 6) is -0.0463. The molecule has 0 bridgehead atoms. The van der Waals surface area contributed by atoms with Gasteiger partial charge in [-0.25, -0.2) is 24.3 Å². The number of nitrogens with one attached hydrogen (secondary N) is 2. The second-order valence-electron chi connectivity index (χ2n) is 5.98. The second-order valence-corrected chi connectivity index (χ2v) is 5.98. The zero-order valence-electron chi connectivity index (χ0n) is 12.9. The third-order valence-electron chi connectivity index (χ3n) is 4.39. The first kappa shape index (κ1) is 14.9. The Morgan fingerprint density at radius 1 is 1.21 bits per heavy atom. The number of fused-ring (bicyclic) bond motifs is 1. The van der Waals surface area contributed by atoms with E-state index in [-0.39, 0.29) is 11.9 Å². The van der Waals surface area contributed by atoms with Crippen LogP contribution in [0.5, 0.6) is 0 Å². The largest absolute Gasteiger partial charge is 0.391 e. The minimum Gasteiger partial charge on any atom is -0.391 e. The van der Waals surface area contributed by atoms with Crippen molar-refractivity contribution < 1.29 is 9.50 Å². The minimum absolute atomic E-state index is 0.108. The average Bonchev–Trinajstić information content (AvgIpc) is 3.03. The number of H-pyrrole nitrogens is 1. The Hall–Kier alpha value is -2.61. The van der Waals surface area contributed by atoms with Crippen LogP contribution in [0, 0.1) is 5.82 Å². The van der Waals surface area contributed by atoms with Gasteiger partial charge >= 0.3 is 0 Å². The average molecular weight is 328 g/mol. The van der Waals surface area contributed by atoms with Gasteiger partial charge in [0.05, 0.1) is 18.3 Å². The van der Waals surface area contributed by atoms with E-state index in [1.807, 2.05) is 0 Å². The van der Waals surface area contributed by atoms with Gasteiger partial charge in [-0.15, -0.1) is 0 Å². The van der Waals surface area contributed by atoms with Crippen molar-refractivity contribution in [2.75, 3.05) is 5.32 Å². The van der Waals surface area contributed by atoms with Crippen molar-refractivity contribution in [3.8, 4) is 11.4 Å². The molecule has 0 radical (unpaired) electrons. The molecule has 3 heterocycles. The number of hydrogen-bond acceptors (Lipinski definition) is 6. The molecule has 0 aromatic carbocycles. The lowest BCUT2D eigenvalue weighted by atomic mass is 9.92. The lowest BCUT2D eigenvalue weighted by Gasteiger charge is -2.28. The van der Waals surface area contributed by atoms with Gasteiger partial charge < -0.3 is 15.4 Å². The van der Waals surface area contributed by atoms with E-state index < -0.39 is 11.9 Å². The van der Waals surface area contributed by atoms with Crippen LogP contribution in [0.3, 0.4) is 0 Å². The number of hydrogen-bond donors (Lipinski definition) is 3. The van der Waals surface area contributed by atoms with Crippen LogP contribution in [0.2, 0.25) is 0 Å². The van der Waals surface area contributed by atoms with Crippen molar-refractivity contribution in [3.05, 3.63) is 30.7 Å². The number of rotatable bonds is 3. The van der Waals surface area contributed by atoms with Crippen molar-refractivity contribution in [2.24, 2.45) is 0 Å². The van der Waals surface area contributed by atoms with Gasteiger partial charge in [0.1, 0.15) is 12.0 Å². The van der Waals surface area contributed by atoms with Gasteiger partial charge in [-0.05, 0) is 12.8 Å². The van der Waals surface area contributed by atoms with Crippen LogP contribution in [-0.4, -0.2) is 42.2 Å². The van der Waals surface area contributed by atoms with Crippen molar-refractivity contribution in [2.45, 2.75) is 37.8 Å². The maximum Gasteiger partial charge on any atom is 0.183 e. The molecule has 0 unspecified atom stereocenters. The Balaban J connectivity index is 1.68. The van der Waals surface area contributed by atoms with Gasteiger partial charge in [0.2, 0.25) is 0 Å². The predicted molar refractivity (Wildman–Crippen MR) is 86.8 cm³/mol. The molecule has 124 valence electrons. The molecule has 1 aliphatic carbocycles. The number of aromatic nitrogens is 5. The van der Waals surface area contributed by atoms with Gasteiger partial charge in [0, 0.05) is 23.3 Å². The van der Waals surface area contributed by atoms with Gasteiger partial charge in [-0.1, -0.05) is 12.8 Å². The van der Waals surface area contributed by atoms with Crippen LogP contribution in [0.1, 0.15) is 25.7 Å². The van der Waals surface area contributed by atoms with Crippen molar-refractivity contribution in [3.63, 3.8) is 0 Å². The highest BCUT2D eigenvalue weighted by atomic mass is 19.1. The zero-order chi connectivity index (χ0) is 16.5. The summed E-state index contributed by atoms with van der Waals surface area (Å²) in [6.45, 7) is 0. The number of aliphatic hydroxyl groups is 1. The van der Waals surface area contributed by atoms with Crippen LogP contribution in [0.4, 0.5) is 10.2 Å². The molecule has 7 nitrogen and oxygen atoms in total. The summed E-state index contributed by atoms with van der Waals surface area (Å²) in [5.41, 5.74) is 1.38. The van der Waals surface area contributed by atoms with E-state index in [0.29, 0.717) is 17.0 Å². The number of halogens is 1. The molecule has 0 saturated heterocycles. The Morgan fingerprint density at radius 2 is 2.08 bits per heavy atom. The molecule has 1 saturated carbocycles. The fourth-order valence-corrected chi connectivity index (χ4v) is 3.10. The van der Waals surface area contributed by atoms with Gasteiger partial charge in [-0.3, -0.25) is 0 Å². The molecule has 2 atom stereocenters. The molecule has 0 spiro atoms. The second kappa shape index (κ2) is 6.12. The van der Waals surface area contributed by atoms with Crippen molar-refractivity contribution in [1.29, 1.82) is 0 Å². The van der Waals surface area contributed by atoms with E-state index in [1.165, 1.54) is 6.33 Å². The Labute approximate surface area is 137 Å². The van der Waals surface area contributed by atoms with Gasteiger partial charge in [0.15, 0.2) is 17.5 Å². The standard InChI is InChI=1S/C16H17FN6O/c17-11-7-20-15(10-6-19-14-9(10)5-18-8-21-14)23-16(11)22-12-3-1-2-4-13(12)24/h5-8,12-13,24H,1-4H2,(H,18,19,21)(H,20,22,23)/t12-,13-/m0/s1. The van der Waals surface area contributed by atoms with Crippen LogP contribution < -0.4 is 5.32 Å². The fourth-order valence-electron chi connectivity index (χ4n) is 3.10. The van der Waals surface area contributed by atoms with E-state index in [9.17, 15) is 9.50 Å². The quantitative estimate of drug-likeness (QED) is 0.682. The first-order chi connectivity index (χ1) is 11.7. The maximum atomic E-state index is 14.1. The molecule has 0 aliphatic heterocycles. The molecule has 8 heteroatoms. The lowest BCUT2D eigenvalue weighted by molar-refractivity contribution is 0.116. The summed E-state index contributed by atoms with van der Waals surface area (Å²) in [6, 6.07) is -0.192. The number of aliphatic hydroxyl groups excluding tert-OH is 1. The van der Waals surface area contributed by atoms with E-state index >= 15 is 0 Å². The number of anilines is 1. The normalized spacial score (nSPS) is 21.1. The van der Waals surface area contributed by atoms with Crippen LogP contribution in [0.15, 0.2) is 24.9 Å². The highest BCUT2D eigenvalue weighted by Crippen LogP contribution is 2.27. The maximum absolute atomic E-state index is 14.1. The minimum atomic E-state index is -0.535. The number of nitrogens with zero attached hydrogens (tertiary/aromatic N) is 4. The van der Waals surface area contributed by atoms with E-state index in [2.05, 4.69) is 30.2 Å². The molecule has 3 aromatic rings. The molecule has 4 rings (SSSR count). The monoisotopic (exact) mass is 328 g/mol. The summed E-state index contributed by atoms with van der Waals surface area (Å²) in [7, 11) is 0. The smallest absolute Gasteiger partial charge is 0.183 e. The van der Waals surface area contributed by atoms with E-state index in [0.717, 1.165) is 37.3 Å². The summed E-state index contributed by atoms with van der Waals surface area (Å²) in [5, 5.41) is 13.9. The molecular weight excluding hydrogens is 311 g/mol. The topological polar surface area (TPSA) is 99.6 Å². The van der Waals surface area contributed by atoms with Gasteiger partial charge in [0.25, 0.3) is 0 Å². The van der Waals surface area contributed by atoms with Crippen molar-refractivity contribution in [1.82, 2.24) is 24.9 Å². The summed E-state index contributed by atoms with van der Waals surface area (Å²) in [6.07, 6.45) is 9.01. The first-order valence-corrected chi connectivity index (χ1v) is 7.97. The molecule has 1 fully saturated rings. The van der Waals surface area contributed by atoms with Crippen LogP contribution in [0.25, 0.3) is 22.4 Å². The molecule has 24 heavy (non-hydrogen) atoms. The van der Waals surface area contributed by atoms with Crippen LogP contribution >= 0.6 is 0 Å². The SMILES string of the molecule is O[C@H]1CCCC[C@@H]1Nc1nc(-c2c[nH]c3ncncc23)ncc1F. The van der Waals surface area contributed by atoms with E-state index in [1.54, 1.807) is 12.4 Å². The highest BCUT2D eigenvalue weighted by Gasteiger charge is 2.24. The summed E-state index contributed by atoms with van der Waals surface area (Å²) in [4.78, 5) is 19.5. The first-order valence-electron chi connectivity index (χ1n) is 7.97. The lowest BCUT2D eigenvalue weighted by Crippen LogP contribution is -2.36. The summed E-state index contributed by atoms with van der Waals surface area (Å²) >= 11 is 0. The Bertz CT molecular complexity index is 867. The summed E-state index contributed by atoms with van der Waals surface area (Å²) < 4.78 is 14.1. The molecule has 3 N–H and O–H groups in total. The third kappa shape index (κ3) is 2.69. The predicted octanol–water partition coefficient (Wildman–Crippen LogP) is 2.27. The van der Waals surface area contributed by atoms with Crippen LogP contribution in [-0.2, 0) is 0 Å². The molecule has 1 aliphatic rings. The van der Waals surface area contributed by atoms with Gasteiger partial charge in [-0.2, -0.15) is 0 Å². The zero-order valence-corrected chi connectivity index (χ0v) is 12.9. The van der Waals surface area contributed by atoms with Crippen molar-refractivity contribution >= 4 is 16.9 Å². The van der Waals surface area contributed by atoms with E-state index in [4.69, 9.17) is 0 Å². The third-order valence-corrected chi connectivity index (χ3v) is 4.39. The molecule has 0 amide bonds.